The molecule has 0 atom stereocenters. The van der Waals surface area contributed by atoms with E-state index in [0.29, 0.717) is 41.9 Å². The average molecular weight is 365 g/mol. The average Bonchev–Trinajstić information content (AvgIpc) is 3.05. The SMILES string of the molecule is Cc1ccc(OCCNc2nc(Nc3cc(O)[nH]n3)cc(C)c2C#N)cn1. The van der Waals surface area contributed by atoms with Gasteiger partial charge in [-0.15, -0.1) is 0 Å². The number of nitriles is 1. The first-order valence-electron chi connectivity index (χ1n) is 8.27. The van der Waals surface area contributed by atoms with Gasteiger partial charge < -0.3 is 20.5 Å². The van der Waals surface area contributed by atoms with Gasteiger partial charge in [0.05, 0.1) is 18.3 Å². The Bertz CT molecular complexity index is 961. The number of H-pyrrole nitrogens is 1. The van der Waals surface area contributed by atoms with Gasteiger partial charge in [0.2, 0.25) is 5.88 Å². The van der Waals surface area contributed by atoms with Crippen LogP contribution >= 0.6 is 0 Å². The van der Waals surface area contributed by atoms with Crippen LogP contribution < -0.4 is 15.4 Å². The van der Waals surface area contributed by atoms with E-state index in [1.807, 2.05) is 26.0 Å². The Morgan fingerprint density at radius 1 is 1.26 bits per heavy atom. The fourth-order valence-electron chi connectivity index (χ4n) is 2.39. The molecule has 0 fully saturated rings. The van der Waals surface area contributed by atoms with Crippen molar-refractivity contribution in [3.05, 3.63) is 47.3 Å². The molecule has 9 heteroatoms. The molecule has 0 aliphatic carbocycles. The number of aromatic hydroxyl groups is 1. The molecule has 3 rings (SSSR count). The van der Waals surface area contributed by atoms with E-state index in [0.717, 1.165) is 11.3 Å². The third kappa shape index (κ3) is 4.64. The van der Waals surface area contributed by atoms with Gasteiger partial charge in [-0.05, 0) is 37.6 Å². The molecule has 0 aliphatic heterocycles. The smallest absolute Gasteiger partial charge is 0.208 e. The van der Waals surface area contributed by atoms with Gasteiger partial charge in [0.1, 0.15) is 30.1 Å². The van der Waals surface area contributed by atoms with Gasteiger partial charge in [-0.2, -0.15) is 10.4 Å². The number of nitrogens with one attached hydrogen (secondary N) is 3. The van der Waals surface area contributed by atoms with Crippen LogP contribution in [0.2, 0.25) is 0 Å². The van der Waals surface area contributed by atoms with E-state index in [2.05, 4.69) is 36.9 Å². The van der Waals surface area contributed by atoms with E-state index >= 15 is 0 Å². The minimum absolute atomic E-state index is 0.0519. The Morgan fingerprint density at radius 3 is 2.78 bits per heavy atom. The highest BCUT2D eigenvalue weighted by Crippen LogP contribution is 2.23. The number of rotatable bonds is 7. The van der Waals surface area contributed by atoms with Gasteiger partial charge in [-0.3, -0.25) is 4.98 Å². The van der Waals surface area contributed by atoms with E-state index in [1.54, 1.807) is 12.3 Å². The molecule has 0 saturated carbocycles. The van der Waals surface area contributed by atoms with Crippen LogP contribution in [-0.2, 0) is 0 Å². The zero-order chi connectivity index (χ0) is 19.2. The van der Waals surface area contributed by atoms with Gasteiger partial charge in [-0.25, -0.2) is 10.1 Å². The van der Waals surface area contributed by atoms with Crippen LogP contribution in [-0.4, -0.2) is 38.4 Å². The first-order valence-corrected chi connectivity index (χ1v) is 8.27. The third-order valence-corrected chi connectivity index (χ3v) is 3.70. The number of aromatic amines is 1. The number of hydrogen-bond acceptors (Lipinski definition) is 8. The van der Waals surface area contributed by atoms with Crippen molar-refractivity contribution in [3.8, 4) is 17.7 Å². The third-order valence-electron chi connectivity index (χ3n) is 3.70. The summed E-state index contributed by atoms with van der Waals surface area (Å²) >= 11 is 0. The van der Waals surface area contributed by atoms with Gasteiger partial charge in [0, 0.05) is 11.8 Å². The lowest BCUT2D eigenvalue weighted by atomic mass is 10.1. The van der Waals surface area contributed by atoms with Gasteiger partial charge >= 0.3 is 0 Å². The second kappa shape index (κ2) is 8.05. The maximum atomic E-state index is 9.40. The zero-order valence-electron chi connectivity index (χ0n) is 14.9. The fourth-order valence-corrected chi connectivity index (χ4v) is 2.39. The Balaban J connectivity index is 1.65. The summed E-state index contributed by atoms with van der Waals surface area (Å²) in [6.45, 7) is 4.59. The summed E-state index contributed by atoms with van der Waals surface area (Å²) in [5, 5.41) is 31.1. The van der Waals surface area contributed by atoms with E-state index in [1.165, 1.54) is 6.07 Å². The molecule has 0 amide bonds. The molecule has 0 unspecified atom stereocenters. The van der Waals surface area contributed by atoms with Gasteiger partial charge in [0.15, 0.2) is 5.82 Å². The number of hydrogen-bond donors (Lipinski definition) is 4. The van der Waals surface area contributed by atoms with Crippen molar-refractivity contribution in [2.24, 2.45) is 0 Å². The minimum Gasteiger partial charge on any atom is -0.494 e. The number of pyridine rings is 2. The van der Waals surface area contributed by atoms with E-state index in [9.17, 15) is 10.4 Å². The zero-order valence-corrected chi connectivity index (χ0v) is 14.9. The molecular weight excluding hydrogens is 346 g/mol. The lowest BCUT2D eigenvalue weighted by Crippen LogP contribution is -2.14. The molecule has 138 valence electrons. The molecule has 0 radical (unpaired) electrons. The number of aromatic nitrogens is 4. The van der Waals surface area contributed by atoms with Crippen LogP contribution in [0.4, 0.5) is 17.5 Å². The highest BCUT2D eigenvalue weighted by molar-refractivity contribution is 5.63. The highest BCUT2D eigenvalue weighted by Gasteiger charge is 2.11. The Kier molecular flexibility index (Phi) is 5.37. The van der Waals surface area contributed by atoms with Crippen LogP contribution in [0.1, 0.15) is 16.8 Å². The number of aryl methyl sites for hydroxylation is 2. The lowest BCUT2D eigenvalue weighted by molar-refractivity contribution is 0.331. The van der Waals surface area contributed by atoms with Crippen LogP contribution in [0.5, 0.6) is 11.6 Å². The Morgan fingerprint density at radius 2 is 2.11 bits per heavy atom. The van der Waals surface area contributed by atoms with Gasteiger partial charge in [0.25, 0.3) is 0 Å². The Hall–Kier alpha value is -3.80. The van der Waals surface area contributed by atoms with Crippen molar-refractivity contribution in [2.45, 2.75) is 13.8 Å². The van der Waals surface area contributed by atoms with E-state index < -0.39 is 0 Å². The molecule has 9 nitrogen and oxygen atoms in total. The van der Waals surface area contributed by atoms with Crippen molar-refractivity contribution in [1.29, 1.82) is 5.26 Å². The predicted molar refractivity (Wildman–Crippen MR) is 100 cm³/mol. The number of ether oxygens (including phenoxy) is 1. The monoisotopic (exact) mass is 365 g/mol. The highest BCUT2D eigenvalue weighted by atomic mass is 16.5. The summed E-state index contributed by atoms with van der Waals surface area (Å²) in [6, 6.07) is 9.07. The first kappa shape index (κ1) is 18.0. The van der Waals surface area contributed by atoms with Crippen molar-refractivity contribution in [3.63, 3.8) is 0 Å². The molecule has 3 aromatic heterocycles. The summed E-state index contributed by atoms with van der Waals surface area (Å²) in [5.41, 5.74) is 2.15. The molecule has 27 heavy (non-hydrogen) atoms. The summed E-state index contributed by atoms with van der Waals surface area (Å²) < 4.78 is 5.62. The van der Waals surface area contributed by atoms with Crippen molar-refractivity contribution < 1.29 is 9.84 Å². The van der Waals surface area contributed by atoms with Crippen LogP contribution in [0, 0.1) is 25.2 Å². The fraction of sp³-hybridized carbons (Fsp3) is 0.222. The molecule has 3 aromatic rings. The molecule has 0 aromatic carbocycles. The minimum atomic E-state index is -0.0519. The number of anilines is 3. The summed E-state index contributed by atoms with van der Waals surface area (Å²) in [4.78, 5) is 8.59. The summed E-state index contributed by atoms with van der Waals surface area (Å²) in [7, 11) is 0. The number of nitrogens with zero attached hydrogens (tertiary/aromatic N) is 4. The first-order chi connectivity index (χ1) is 13.0. The van der Waals surface area contributed by atoms with Crippen molar-refractivity contribution in [2.75, 3.05) is 23.8 Å². The summed E-state index contributed by atoms with van der Waals surface area (Å²) in [5.74, 6) is 2.00. The van der Waals surface area contributed by atoms with E-state index in [-0.39, 0.29) is 5.88 Å². The largest absolute Gasteiger partial charge is 0.494 e. The lowest BCUT2D eigenvalue weighted by Gasteiger charge is -2.12. The normalized spacial score (nSPS) is 10.3. The maximum absolute atomic E-state index is 9.40. The standard InChI is InChI=1S/C18H19N7O2/c1-11-7-15(22-16-8-17(26)25-24-16)23-18(14(11)9-19)20-5-6-27-13-4-3-12(2)21-10-13/h3-4,7-8,10H,5-6H2,1-2H3,(H4,20,22,23,24,25,26). The van der Waals surface area contributed by atoms with Crippen LogP contribution in [0.25, 0.3) is 0 Å². The maximum Gasteiger partial charge on any atom is 0.208 e. The molecule has 3 heterocycles. The van der Waals surface area contributed by atoms with Crippen LogP contribution in [0.3, 0.4) is 0 Å². The summed E-state index contributed by atoms with van der Waals surface area (Å²) in [6.07, 6.45) is 1.67. The Labute approximate surface area is 156 Å². The predicted octanol–water partition coefficient (Wildman–Crippen LogP) is 2.63. The molecule has 0 aliphatic rings. The second-order valence-corrected chi connectivity index (χ2v) is 5.83. The van der Waals surface area contributed by atoms with E-state index in [4.69, 9.17) is 4.74 Å². The molecule has 0 spiro atoms. The topological polar surface area (TPSA) is 132 Å². The van der Waals surface area contributed by atoms with Crippen LogP contribution in [0.15, 0.2) is 30.5 Å². The van der Waals surface area contributed by atoms with Crippen molar-refractivity contribution >= 4 is 17.5 Å². The second-order valence-electron chi connectivity index (χ2n) is 5.83. The molecule has 0 saturated heterocycles. The quantitative estimate of drug-likeness (QED) is 0.470. The van der Waals surface area contributed by atoms with Gasteiger partial charge in [-0.1, -0.05) is 0 Å². The molecule has 0 bridgehead atoms. The molecular formula is C18H19N7O2. The molecule has 4 N–H and O–H groups in total. The van der Waals surface area contributed by atoms with Crippen molar-refractivity contribution in [1.82, 2.24) is 20.2 Å².